The van der Waals surface area contributed by atoms with Gasteiger partial charge >= 0.3 is 17.9 Å². The lowest BCUT2D eigenvalue weighted by Crippen LogP contribution is -2.06. The molecule has 0 saturated carbocycles. The summed E-state index contributed by atoms with van der Waals surface area (Å²) in [6.45, 7) is 3.78. The van der Waals surface area contributed by atoms with Gasteiger partial charge in [-0.25, -0.2) is 4.79 Å². The third kappa shape index (κ3) is 9.07. The Morgan fingerprint density at radius 2 is 1.45 bits per heavy atom. The first kappa shape index (κ1) is 25.5. The van der Waals surface area contributed by atoms with Crippen LogP contribution in [0, 0.1) is 11.3 Å². The molecule has 33 heavy (non-hydrogen) atoms. The summed E-state index contributed by atoms with van der Waals surface area (Å²) in [5.74, 6) is 0.556. The van der Waals surface area contributed by atoms with E-state index in [4.69, 9.17) is 28.3 Å². The first-order valence-corrected chi connectivity index (χ1v) is 10.7. The molecule has 0 bridgehead atoms. The Kier molecular flexibility index (Phi) is 10.5. The zero-order valence-corrected chi connectivity index (χ0v) is 18.8. The van der Waals surface area contributed by atoms with Crippen molar-refractivity contribution in [1.82, 2.24) is 0 Å². The molecule has 2 aromatic heterocycles. The Balaban J connectivity index is 1.64. The van der Waals surface area contributed by atoms with E-state index in [1.807, 2.05) is 13.0 Å². The smallest absolute Gasteiger partial charge is 0.349 e. The van der Waals surface area contributed by atoms with Crippen molar-refractivity contribution in [2.45, 2.75) is 59.2 Å². The predicted octanol–water partition coefficient (Wildman–Crippen LogP) is 4.25. The maximum atomic E-state index is 11.9. The highest BCUT2D eigenvalue weighted by Gasteiger charge is 2.12. The maximum Gasteiger partial charge on any atom is 0.349 e. The summed E-state index contributed by atoms with van der Waals surface area (Å²) in [4.78, 5) is 35.3. The molecule has 0 aliphatic heterocycles. The second kappa shape index (κ2) is 13.6. The third-order valence-corrected chi connectivity index (χ3v) is 4.41. The largest absolute Gasteiger partial charge is 0.462 e. The van der Waals surface area contributed by atoms with E-state index in [0.717, 1.165) is 12.2 Å². The molecule has 0 saturated heterocycles. The summed E-state index contributed by atoms with van der Waals surface area (Å²) in [6.07, 6.45) is 3.36. The predicted molar refractivity (Wildman–Crippen MR) is 115 cm³/mol. The van der Waals surface area contributed by atoms with Gasteiger partial charge in [0.15, 0.2) is 0 Å². The van der Waals surface area contributed by atoms with E-state index in [1.165, 1.54) is 6.08 Å². The van der Waals surface area contributed by atoms with Crippen molar-refractivity contribution in [2.24, 2.45) is 0 Å². The number of carbonyl (C=O) groups is 3. The van der Waals surface area contributed by atoms with Crippen LogP contribution in [0.5, 0.6) is 0 Å². The normalized spacial score (nSPS) is 11.0. The van der Waals surface area contributed by atoms with E-state index in [-0.39, 0.29) is 50.0 Å². The van der Waals surface area contributed by atoms with Crippen molar-refractivity contribution in [1.29, 1.82) is 5.26 Å². The van der Waals surface area contributed by atoms with Gasteiger partial charge in [0.1, 0.15) is 47.9 Å². The highest BCUT2D eigenvalue weighted by Crippen LogP contribution is 2.15. The molecule has 176 valence electrons. The van der Waals surface area contributed by atoms with Crippen LogP contribution in [0.4, 0.5) is 0 Å². The van der Waals surface area contributed by atoms with Gasteiger partial charge in [-0.2, -0.15) is 5.26 Å². The van der Waals surface area contributed by atoms with E-state index in [0.29, 0.717) is 24.4 Å². The molecule has 9 nitrogen and oxygen atoms in total. The van der Waals surface area contributed by atoms with E-state index in [1.54, 1.807) is 31.2 Å². The molecule has 0 aromatic carbocycles. The number of nitrogens with zero attached hydrogens (tertiary/aromatic N) is 1. The van der Waals surface area contributed by atoms with Gasteiger partial charge in [-0.15, -0.1) is 0 Å². The van der Waals surface area contributed by atoms with E-state index < -0.39 is 11.9 Å². The molecule has 0 fully saturated rings. The minimum absolute atomic E-state index is 0.0844. The molecule has 0 radical (unpaired) electrons. The zero-order chi connectivity index (χ0) is 24.1. The number of ether oxygens (including phenoxy) is 3. The maximum absolute atomic E-state index is 11.9. The molecule has 0 spiro atoms. The molecule has 0 unspecified atom stereocenters. The number of carbonyl (C=O) groups excluding carboxylic acids is 3. The SMILES string of the molecule is CCOC(=O)/C(C#N)=C/c1ccc(COC(=O)CCCCC(=O)OCc2ccc(CC)o2)o1. The van der Waals surface area contributed by atoms with E-state index in [2.05, 4.69) is 0 Å². The number of esters is 3. The van der Waals surface area contributed by atoms with Gasteiger partial charge in [-0.05, 0) is 44.0 Å². The second-order valence-electron chi connectivity index (χ2n) is 6.94. The number of aryl methyl sites for hydroxylation is 1. The number of nitriles is 1. The molecular weight excluding hydrogens is 430 g/mol. The molecule has 2 heterocycles. The average Bonchev–Trinajstić information content (AvgIpc) is 3.46. The van der Waals surface area contributed by atoms with Crippen LogP contribution in [-0.2, 0) is 48.2 Å². The highest BCUT2D eigenvalue weighted by atomic mass is 16.5. The minimum atomic E-state index is -0.736. The van der Waals surface area contributed by atoms with Gasteiger partial charge < -0.3 is 23.0 Å². The molecule has 2 aromatic rings. The summed E-state index contributed by atoms with van der Waals surface area (Å²) in [5.41, 5.74) is -0.192. The van der Waals surface area contributed by atoms with Gasteiger partial charge in [0.05, 0.1) is 6.61 Å². The number of rotatable bonds is 13. The second-order valence-corrected chi connectivity index (χ2v) is 6.94. The zero-order valence-electron chi connectivity index (χ0n) is 18.8. The highest BCUT2D eigenvalue weighted by molar-refractivity contribution is 5.97. The van der Waals surface area contributed by atoms with Crippen LogP contribution in [0.3, 0.4) is 0 Å². The Hall–Kier alpha value is -3.80. The molecule has 0 amide bonds. The third-order valence-electron chi connectivity index (χ3n) is 4.41. The van der Waals surface area contributed by atoms with E-state index >= 15 is 0 Å². The topological polar surface area (TPSA) is 129 Å². The summed E-state index contributed by atoms with van der Waals surface area (Å²) < 4.78 is 26.0. The molecule has 0 aliphatic carbocycles. The van der Waals surface area contributed by atoms with Gasteiger partial charge in [0.2, 0.25) is 0 Å². The average molecular weight is 457 g/mol. The summed E-state index contributed by atoms with van der Waals surface area (Å²) in [6, 6.07) is 8.52. The first-order chi connectivity index (χ1) is 15.9. The Morgan fingerprint density at radius 1 is 0.879 bits per heavy atom. The monoisotopic (exact) mass is 457 g/mol. The standard InChI is InChI=1S/C24H27NO8/c1-3-18-9-11-20(32-18)15-30-22(26)7-5-6-8-23(27)31-16-21-12-10-19(33-21)13-17(14-25)24(28)29-4-2/h9-13H,3-8,15-16H2,1-2H3/b17-13+. The van der Waals surface area contributed by atoms with Gasteiger partial charge in [-0.1, -0.05) is 6.92 Å². The number of unbranched alkanes of at least 4 members (excludes halogenated alkanes) is 1. The van der Waals surface area contributed by atoms with Crippen LogP contribution >= 0.6 is 0 Å². The van der Waals surface area contributed by atoms with Crippen LogP contribution < -0.4 is 0 Å². The van der Waals surface area contributed by atoms with Crippen molar-refractivity contribution < 1.29 is 37.4 Å². The summed E-state index contributed by atoms with van der Waals surface area (Å²) >= 11 is 0. The molecule has 2 rings (SSSR count). The van der Waals surface area contributed by atoms with E-state index in [9.17, 15) is 14.4 Å². The molecular formula is C24H27NO8. The number of furan rings is 2. The van der Waals surface area contributed by atoms with Gasteiger partial charge in [0.25, 0.3) is 0 Å². The molecule has 0 aliphatic rings. The first-order valence-electron chi connectivity index (χ1n) is 10.7. The number of hydrogen-bond acceptors (Lipinski definition) is 9. The Morgan fingerprint density at radius 3 is 2.00 bits per heavy atom. The van der Waals surface area contributed by atoms with Crippen molar-refractivity contribution in [2.75, 3.05) is 6.61 Å². The fraction of sp³-hybridized carbons (Fsp3) is 0.417. The lowest BCUT2D eigenvalue weighted by molar-refractivity contribution is -0.147. The Labute approximate surface area is 191 Å². The molecule has 0 N–H and O–H groups in total. The summed E-state index contributed by atoms with van der Waals surface area (Å²) in [7, 11) is 0. The van der Waals surface area contributed by atoms with Gasteiger partial charge in [0, 0.05) is 25.3 Å². The van der Waals surface area contributed by atoms with Gasteiger partial charge in [-0.3, -0.25) is 9.59 Å². The van der Waals surface area contributed by atoms with Crippen molar-refractivity contribution in [3.63, 3.8) is 0 Å². The van der Waals surface area contributed by atoms with Crippen molar-refractivity contribution in [3.05, 3.63) is 52.9 Å². The lowest BCUT2D eigenvalue weighted by Gasteiger charge is -2.04. The van der Waals surface area contributed by atoms with Crippen molar-refractivity contribution in [3.8, 4) is 6.07 Å². The minimum Gasteiger partial charge on any atom is -0.462 e. The van der Waals surface area contributed by atoms with Crippen molar-refractivity contribution >= 4 is 24.0 Å². The fourth-order valence-corrected chi connectivity index (χ4v) is 2.71. The Bertz CT molecular complexity index is 1010. The van der Waals surface area contributed by atoms with Crippen LogP contribution in [-0.4, -0.2) is 24.5 Å². The fourth-order valence-electron chi connectivity index (χ4n) is 2.71. The van der Waals surface area contributed by atoms with Crippen LogP contribution in [0.15, 0.2) is 38.7 Å². The number of hydrogen-bond donors (Lipinski definition) is 0. The van der Waals surface area contributed by atoms with Crippen LogP contribution in [0.25, 0.3) is 6.08 Å². The molecule has 0 atom stereocenters. The quantitative estimate of drug-likeness (QED) is 0.142. The summed E-state index contributed by atoms with van der Waals surface area (Å²) in [5, 5.41) is 9.03. The molecule has 9 heteroatoms. The lowest BCUT2D eigenvalue weighted by atomic mass is 10.2. The van der Waals surface area contributed by atoms with Crippen LogP contribution in [0.2, 0.25) is 0 Å². The van der Waals surface area contributed by atoms with Crippen LogP contribution in [0.1, 0.15) is 62.6 Å².